The Morgan fingerprint density at radius 2 is 1.79 bits per heavy atom. The summed E-state index contributed by atoms with van der Waals surface area (Å²) < 4.78 is 10.4. The SMILES string of the molecule is CCOC(=O)C1=C(C)N(c2ccc(OC)cc2)C(=O)/C1=C\c1ccc(Cl)c(Cl)c1. The van der Waals surface area contributed by atoms with Gasteiger partial charge < -0.3 is 9.47 Å². The Morgan fingerprint density at radius 1 is 1.10 bits per heavy atom. The molecule has 1 amide bonds. The molecule has 0 spiro atoms. The van der Waals surface area contributed by atoms with Crippen molar-refractivity contribution in [1.29, 1.82) is 0 Å². The van der Waals surface area contributed by atoms with E-state index in [1.807, 2.05) is 0 Å². The standard InChI is InChI=1S/C22H19Cl2NO4/c1-4-29-22(27)20-13(2)25(15-6-8-16(28-3)9-7-15)21(26)17(20)11-14-5-10-18(23)19(24)12-14/h5-12H,4H2,1-3H3/b17-11-. The lowest BCUT2D eigenvalue weighted by atomic mass is 10.0. The molecule has 0 unspecified atom stereocenters. The topological polar surface area (TPSA) is 55.8 Å². The van der Waals surface area contributed by atoms with Crippen LogP contribution in [0, 0.1) is 0 Å². The molecule has 1 heterocycles. The minimum Gasteiger partial charge on any atom is -0.497 e. The van der Waals surface area contributed by atoms with Gasteiger partial charge >= 0.3 is 5.97 Å². The number of esters is 1. The molecule has 5 nitrogen and oxygen atoms in total. The second-order valence-electron chi connectivity index (χ2n) is 6.25. The number of allylic oxidation sites excluding steroid dienone is 1. The summed E-state index contributed by atoms with van der Waals surface area (Å²) in [4.78, 5) is 27.4. The highest BCUT2D eigenvalue weighted by atomic mass is 35.5. The van der Waals surface area contributed by atoms with E-state index in [0.29, 0.717) is 32.7 Å². The molecule has 0 bridgehead atoms. The van der Waals surface area contributed by atoms with Crippen LogP contribution in [0.25, 0.3) is 6.08 Å². The van der Waals surface area contributed by atoms with Crippen molar-refractivity contribution < 1.29 is 19.1 Å². The molecule has 0 N–H and O–H groups in total. The average molecular weight is 432 g/mol. The van der Waals surface area contributed by atoms with E-state index in [0.717, 1.165) is 0 Å². The third kappa shape index (κ3) is 4.16. The zero-order valence-electron chi connectivity index (χ0n) is 16.2. The van der Waals surface area contributed by atoms with Gasteiger partial charge in [-0.3, -0.25) is 9.69 Å². The first-order valence-corrected chi connectivity index (χ1v) is 9.66. The lowest BCUT2D eigenvalue weighted by Crippen LogP contribution is -2.24. The summed E-state index contributed by atoms with van der Waals surface area (Å²) in [6, 6.07) is 12.0. The number of hydrogen-bond donors (Lipinski definition) is 0. The van der Waals surface area contributed by atoms with Crippen molar-refractivity contribution in [3.05, 3.63) is 74.9 Å². The normalized spacial score (nSPS) is 15.3. The van der Waals surface area contributed by atoms with E-state index in [1.165, 1.54) is 4.90 Å². The quantitative estimate of drug-likeness (QED) is 0.477. The Hall–Kier alpha value is -2.76. The highest BCUT2D eigenvalue weighted by molar-refractivity contribution is 6.42. The van der Waals surface area contributed by atoms with Gasteiger partial charge in [-0.05, 0) is 61.9 Å². The van der Waals surface area contributed by atoms with Gasteiger partial charge in [-0.1, -0.05) is 29.3 Å². The van der Waals surface area contributed by atoms with Gasteiger partial charge in [-0.25, -0.2) is 4.79 Å². The van der Waals surface area contributed by atoms with Crippen molar-refractivity contribution in [2.45, 2.75) is 13.8 Å². The van der Waals surface area contributed by atoms with E-state index in [2.05, 4.69) is 0 Å². The number of amides is 1. The molecule has 150 valence electrons. The predicted molar refractivity (Wildman–Crippen MR) is 114 cm³/mol. The average Bonchev–Trinajstić information content (AvgIpc) is 2.95. The number of carbonyl (C=O) groups excluding carboxylic acids is 2. The summed E-state index contributed by atoms with van der Waals surface area (Å²) in [5, 5.41) is 0.764. The molecule has 7 heteroatoms. The van der Waals surface area contributed by atoms with Crippen LogP contribution in [0.4, 0.5) is 5.69 Å². The summed E-state index contributed by atoms with van der Waals surface area (Å²) in [5.41, 5.74) is 2.21. The van der Waals surface area contributed by atoms with Crippen LogP contribution in [0.3, 0.4) is 0 Å². The van der Waals surface area contributed by atoms with Crippen molar-refractivity contribution in [2.24, 2.45) is 0 Å². The Balaban J connectivity index is 2.11. The number of hydrogen-bond acceptors (Lipinski definition) is 4. The molecule has 0 fully saturated rings. The molecule has 2 aromatic carbocycles. The van der Waals surface area contributed by atoms with Gasteiger partial charge in [0.05, 0.1) is 34.9 Å². The highest BCUT2D eigenvalue weighted by Crippen LogP contribution is 2.36. The fourth-order valence-electron chi connectivity index (χ4n) is 3.09. The molecule has 0 aromatic heterocycles. The maximum absolute atomic E-state index is 13.3. The van der Waals surface area contributed by atoms with Crippen LogP contribution in [0.1, 0.15) is 19.4 Å². The van der Waals surface area contributed by atoms with Gasteiger partial charge in [-0.2, -0.15) is 0 Å². The number of ether oxygens (including phenoxy) is 2. The molecule has 2 aromatic rings. The summed E-state index contributed by atoms with van der Waals surface area (Å²) in [6.07, 6.45) is 1.61. The second kappa shape index (κ2) is 8.72. The summed E-state index contributed by atoms with van der Waals surface area (Å²) in [6.45, 7) is 3.63. The van der Waals surface area contributed by atoms with Gasteiger partial charge in [0, 0.05) is 11.4 Å². The van der Waals surface area contributed by atoms with Crippen molar-refractivity contribution in [3.8, 4) is 5.75 Å². The number of carbonyl (C=O) groups is 2. The molecule has 1 aliphatic heterocycles. The molecular formula is C22H19Cl2NO4. The van der Waals surface area contributed by atoms with Crippen LogP contribution < -0.4 is 9.64 Å². The summed E-state index contributed by atoms with van der Waals surface area (Å²) in [5.74, 6) is -0.221. The van der Waals surface area contributed by atoms with E-state index in [1.54, 1.807) is 69.5 Å². The fourth-order valence-corrected chi connectivity index (χ4v) is 3.40. The van der Waals surface area contributed by atoms with E-state index in [4.69, 9.17) is 32.7 Å². The highest BCUT2D eigenvalue weighted by Gasteiger charge is 2.38. The Kier molecular flexibility index (Phi) is 6.30. The third-order valence-corrected chi connectivity index (χ3v) is 5.20. The maximum atomic E-state index is 13.3. The van der Waals surface area contributed by atoms with Crippen molar-refractivity contribution in [1.82, 2.24) is 0 Å². The predicted octanol–water partition coefficient (Wildman–Crippen LogP) is 5.27. The van der Waals surface area contributed by atoms with Crippen LogP contribution in [0.2, 0.25) is 10.0 Å². The van der Waals surface area contributed by atoms with E-state index in [-0.39, 0.29) is 23.7 Å². The number of anilines is 1. The Morgan fingerprint density at radius 3 is 2.38 bits per heavy atom. The minimum atomic E-state index is -0.555. The Labute approximate surface area is 179 Å². The summed E-state index contributed by atoms with van der Waals surface area (Å²) >= 11 is 12.1. The van der Waals surface area contributed by atoms with Crippen molar-refractivity contribution in [3.63, 3.8) is 0 Å². The van der Waals surface area contributed by atoms with Gasteiger partial charge in [-0.15, -0.1) is 0 Å². The van der Waals surface area contributed by atoms with Crippen LogP contribution in [0.15, 0.2) is 59.3 Å². The Bertz CT molecular complexity index is 1030. The first kappa shape index (κ1) is 21.0. The number of nitrogens with zero attached hydrogens (tertiary/aromatic N) is 1. The van der Waals surface area contributed by atoms with Crippen molar-refractivity contribution >= 4 is 46.8 Å². The lowest BCUT2D eigenvalue weighted by Gasteiger charge is -2.18. The number of rotatable bonds is 5. The van der Waals surface area contributed by atoms with Gasteiger partial charge in [0.2, 0.25) is 0 Å². The van der Waals surface area contributed by atoms with Crippen LogP contribution >= 0.6 is 23.2 Å². The molecule has 0 radical (unpaired) electrons. The van der Waals surface area contributed by atoms with Crippen molar-refractivity contribution in [2.75, 3.05) is 18.6 Å². The second-order valence-corrected chi connectivity index (χ2v) is 7.07. The molecule has 3 rings (SSSR count). The van der Waals surface area contributed by atoms with E-state index < -0.39 is 5.97 Å². The molecule has 1 aliphatic rings. The fraction of sp³-hybridized carbons (Fsp3) is 0.182. The molecule has 0 atom stereocenters. The zero-order chi connectivity index (χ0) is 21.1. The maximum Gasteiger partial charge on any atom is 0.340 e. The largest absolute Gasteiger partial charge is 0.497 e. The molecule has 0 saturated carbocycles. The van der Waals surface area contributed by atoms with Gasteiger partial charge in [0.15, 0.2) is 0 Å². The van der Waals surface area contributed by atoms with E-state index >= 15 is 0 Å². The number of halogens is 2. The van der Waals surface area contributed by atoms with Gasteiger partial charge in [0.25, 0.3) is 5.91 Å². The summed E-state index contributed by atoms with van der Waals surface area (Å²) in [7, 11) is 1.57. The molecule has 0 saturated heterocycles. The third-order valence-electron chi connectivity index (χ3n) is 4.46. The number of benzene rings is 2. The molecule has 0 aliphatic carbocycles. The molecular weight excluding hydrogens is 413 g/mol. The van der Waals surface area contributed by atoms with Crippen LogP contribution in [-0.2, 0) is 14.3 Å². The van der Waals surface area contributed by atoms with Gasteiger partial charge in [0.1, 0.15) is 5.75 Å². The zero-order valence-corrected chi connectivity index (χ0v) is 17.7. The molecule has 29 heavy (non-hydrogen) atoms. The number of methoxy groups -OCH3 is 1. The minimum absolute atomic E-state index is 0.201. The monoisotopic (exact) mass is 431 g/mol. The van der Waals surface area contributed by atoms with Crippen LogP contribution in [0.5, 0.6) is 5.75 Å². The first-order chi connectivity index (χ1) is 13.9. The van der Waals surface area contributed by atoms with E-state index in [9.17, 15) is 9.59 Å². The lowest BCUT2D eigenvalue weighted by molar-refractivity contribution is -0.138. The smallest absolute Gasteiger partial charge is 0.340 e. The first-order valence-electron chi connectivity index (χ1n) is 8.91. The van der Waals surface area contributed by atoms with Crippen LogP contribution in [-0.4, -0.2) is 25.6 Å².